The van der Waals surface area contributed by atoms with Crippen LogP contribution in [0.2, 0.25) is 0 Å². The first kappa shape index (κ1) is 21.1. The van der Waals surface area contributed by atoms with Crippen molar-refractivity contribution in [1.29, 1.82) is 0 Å². The van der Waals surface area contributed by atoms with Crippen molar-refractivity contribution in [3.63, 3.8) is 0 Å². The van der Waals surface area contributed by atoms with Crippen molar-refractivity contribution in [1.82, 2.24) is 4.72 Å². The summed E-state index contributed by atoms with van der Waals surface area (Å²) in [6, 6.07) is 8.36. The normalized spacial score (nSPS) is 16.0. The molecule has 1 saturated carbocycles. The van der Waals surface area contributed by atoms with Crippen molar-refractivity contribution in [3.8, 4) is 5.75 Å². The van der Waals surface area contributed by atoms with E-state index in [0.29, 0.717) is 5.39 Å². The lowest BCUT2D eigenvalue weighted by Crippen LogP contribution is -2.41. The van der Waals surface area contributed by atoms with E-state index < -0.39 is 34.4 Å². The van der Waals surface area contributed by atoms with Crippen molar-refractivity contribution in [2.75, 3.05) is 0 Å². The summed E-state index contributed by atoms with van der Waals surface area (Å²) in [5, 5.41) is 19.4. The number of ether oxygens (including phenoxy) is 1. The summed E-state index contributed by atoms with van der Waals surface area (Å²) < 4.78 is 33.2. The van der Waals surface area contributed by atoms with E-state index in [9.17, 15) is 23.1 Å². The fraction of sp³-hybridized carbons (Fsp3) is 0.400. The van der Waals surface area contributed by atoms with Crippen LogP contribution in [0.15, 0.2) is 41.3 Å². The van der Waals surface area contributed by atoms with Gasteiger partial charge in [-0.15, -0.1) is 0 Å². The van der Waals surface area contributed by atoms with E-state index in [1.54, 1.807) is 18.2 Å². The average Bonchev–Trinajstić information content (AvgIpc) is 3.17. The van der Waals surface area contributed by atoms with Gasteiger partial charge in [0.2, 0.25) is 10.0 Å². The zero-order valence-corrected chi connectivity index (χ0v) is 16.5. The summed E-state index contributed by atoms with van der Waals surface area (Å²) in [6.45, 7) is 0. The molecule has 8 nitrogen and oxygen atoms in total. The highest BCUT2D eigenvalue weighted by molar-refractivity contribution is 7.89. The lowest BCUT2D eigenvalue weighted by Gasteiger charge is -2.15. The number of carbonyl (C=O) groups is 2. The second-order valence-corrected chi connectivity index (χ2v) is 8.85. The number of fused-ring (bicyclic) bond motifs is 1. The monoisotopic (exact) mass is 421 g/mol. The largest absolute Gasteiger partial charge is 0.490 e. The number of rotatable bonds is 9. The molecule has 156 valence electrons. The highest BCUT2D eigenvalue weighted by Gasteiger charge is 2.26. The maximum atomic E-state index is 12.6. The maximum Gasteiger partial charge on any atom is 0.321 e. The number of sulfonamides is 1. The second-order valence-electron chi connectivity index (χ2n) is 7.14. The minimum absolute atomic E-state index is 0.0870. The highest BCUT2D eigenvalue weighted by atomic mass is 32.2. The molecule has 2 aromatic rings. The Hall–Kier alpha value is -2.65. The third-order valence-corrected chi connectivity index (χ3v) is 6.41. The average molecular weight is 421 g/mol. The number of hydrogen-bond acceptors (Lipinski definition) is 5. The van der Waals surface area contributed by atoms with Crippen molar-refractivity contribution in [3.05, 3.63) is 36.4 Å². The first-order chi connectivity index (χ1) is 13.7. The summed E-state index contributed by atoms with van der Waals surface area (Å²) in [4.78, 5) is 21.9. The topological polar surface area (TPSA) is 130 Å². The van der Waals surface area contributed by atoms with E-state index in [2.05, 4.69) is 4.72 Å². The number of hydrogen-bond donors (Lipinski definition) is 3. The molecule has 0 bridgehead atoms. The predicted octanol–water partition coefficient (Wildman–Crippen LogP) is 2.76. The smallest absolute Gasteiger partial charge is 0.321 e. The SMILES string of the molecule is O=C(O)CC[C@@H](NS(=O)(=O)c1ccc2cc(OC3CCCC3)ccc2c1)C(=O)O. The third kappa shape index (κ3) is 5.45. The van der Waals surface area contributed by atoms with Crippen LogP contribution in [0.4, 0.5) is 0 Å². The summed E-state index contributed by atoms with van der Waals surface area (Å²) in [6.07, 6.45) is 3.81. The fourth-order valence-corrected chi connectivity index (χ4v) is 4.66. The lowest BCUT2D eigenvalue weighted by molar-refractivity contribution is -0.140. The molecule has 29 heavy (non-hydrogen) atoms. The number of carboxylic acid groups (broad SMARTS) is 2. The van der Waals surface area contributed by atoms with E-state index in [0.717, 1.165) is 36.8 Å². The van der Waals surface area contributed by atoms with E-state index in [-0.39, 0.29) is 17.4 Å². The minimum atomic E-state index is -4.13. The molecule has 1 fully saturated rings. The molecule has 0 saturated heterocycles. The standard InChI is InChI=1S/C20H23NO7S/c22-19(23)10-9-18(20(24)25)21-29(26,27)17-8-6-13-11-16(7-5-14(13)12-17)28-15-3-1-2-4-15/h5-8,11-12,15,18,21H,1-4,9-10H2,(H,22,23)(H,24,25)/t18-/m1/s1. The first-order valence-corrected chi connectivity index (χ1v) is 10.9. The lowest BCUT2D eigenvalue weighted by atomic mass is 10.1. The zero-order chi connectivity index (χ0) is 21.0. The Morgan fingerprint density at radius 1 is 1.07 bits per heavy atom. The number of carboxylic acids is 2. The van der Waals surface area contributed by atoms with Crippen LogP contribution < -0.4 is 9.46 Å². The molecule has 2 aromatic carbocycles. The molecular formula is C20H23NO7S. The molecule has 1 atom stereocenters. The molecule has 1 aliphatic rings. The Morgan fingerprint density at radius 2 is 1.72 bits per heavy atom. The van der Waals surface area contributed by atoms with Gasteiger partial charge in [-0.25, -0.2) is 8.42 Å². The minimum Gasteiger partial charge on any atom is -0.490 e. The van der Waals surface area contributed by atoms with Gasteiger partial charge in [-0.1, -0.05) is 12.1 Å². The van der Waals surface area contributed by atoms with Crippen LogP contribution in [0.5, 0.6) is 5.75 Å². The summed E-state index contributed by atoms with van der Waals surface area (Å²) in [5.74, 6) is -1.89. The van der Waals surface area contributed by atoms with Gasteiger partial charge in [0.15, 0.2) is 0 Å². The molecule has 0 aromatic heterocycles. The predicted molar refractivity (Wildman–Crippen MR) is 105 cm³/mol. The molecule has 0 unspecified atom stereocenters. The van der Waals surface area contributed by atoms with E-state index in [1.165, 1.54) is 12.1 Å². The van der Waals surface area contributed by atoms with Gasteiger partial charge in [-0.05, 0) is 67.1 Å². The van der Waals surface area contributed by atoms with Gasteiger partial charge in [-0.2, -0.15) is 4.72 Å². The molecule has 3 N–H and O–H groups in total. The van der Waals surface area contributed by atoms with Crippen molar-refractivity contribution >= 4 is 32.7 Å². The van der Waals surface area contributed by atoms with Crippen molar-refractivity contribution in [2.24, 2.45) is 0 Å². The van der Waals surface area contributed by atoms with E-state index >= 15 is 0 Å². The van der Waals surface area contributed by atoms with E-state index in [4.69, 9.17) is 9.84 Å². The van der Waals surface area contributed by atoms with Gasteiger partial charge in [-0.3, -0.25) is 9.59 Å². The van der Waals surface area contributed by atoms with Crippen LogP contribution in [0, 0.1) is 0 Å². The van der Waals surface area contributed by atoms with Gasteiger partial charge in [0.1, 0.15) is 11.8 Å². The molecular weight excluding hydrogens is 398 g/mol. The molecule has 0 heterocycles. The van der Waals surface area contributed by atoms with Gasteiger partial charge < -0.3 is 14.9 Å². The van der Waals surface area contributed by atoms with Crippen LogP contribution in [0.25, 0.3) is 10.8 Å². The Bertz CT molecular complexity index is 1010. The quantitative estimate of drug-likeness (QED) is 0.567. The molecule has 1 aliphatic carbocycles. The van der Waals surface area contributed by atoms with Gasteiger partial charge >= 0.3 is 11.9 Å². The number of nitrogens with one attached hydrogen (secondary N) is 1. The van der Waals surface area contributed by atoms with Crippen molar-refractivity contribution in [2.45, 2.75) is 55.6 Å². The first-order valence-electron chi connectivity index (χ1n) is 9.42. The van der Waals surface area contributed by atoms with E-state index in [1.807, 2.05) is 6.07 Å². The molecule has 0 aliphatic heterocycles. The second kappa shape index (κ2) is 8.79. The van der Waals surface area contributed by atoms with Crippen LogP contribution in [-0.2, 0) is 19.6 Å². The highest BCUT2D eigenvalue weighted by Crippen LogP contribution is 2.28. The molecule has 0 spiro atoms. The summed E-state index contributed by atoms with van der Waals surface area (Å²) in [5.41, 5.74) is 0. The maximum absolute atomic E-state index is 12.6. The zero-order valence-electron chi connectivity index (χ0n) is 15.7. The third-order valence-electron chi connectivity index (χ3n) is 4.94. The van der Waals surface area contributed by atoms with Crippen LogP contribution >= 0.6 is 0 Å². The Labute approximate surface area is 168 Å². The van der Waals surface area contributed by atoms with Gasteiger partial charge in [0.25, 0.3) is 0 Å². The van der Waals surface area contributed by atoms with Crippen LogP contribution in [0.1, 0.15) is 38.5 Å². The van der Waals surface area contributed by atoms with Crippen molar-refractivity contribution < 1.29 is 33.0 Å². The molecule has 9 heteroatoms. The molecule has 3 rings (SSSR count). The Morgan fingerprint density at radius 3 is 2.38 bits per heavy atom. The number of benzene rings is 2. The van der Waals surface area contributed by atoms with Crippen LogP contribution in [0.3, 0.4) is 0 Å². The molecule has 0 amide bonds. The number of aliphatic carboxylic acids is 2. The fourth-order valence-electron chi connectivity index (χ4n) is 3.40. The van der Waals surface area contributed by atoms with Crippen LogP contribution in [-0.4, -0.2) is 42.7 Å². The van der Waals surface area contributed by atoms with Gasteiger partial charge in [0, 0.05) is 6.42 Å². The molecule has 0 radical (unpaired) electrons. The van der Waals surface area contributed by atoms with Gasteiger partial charge in [0.05, 0.1) is 11.0 Å². The summed E-state index contributed by atoms with van der Waals surface area (Å²) in [7, 11) is -4.13. The summed E-state index contributed by atoms with van der Waals surface area (Å²) >= 11 is 0. The Kier molecular flexibility index (Phi) is 6.39. The Balaban J connectivity index is 1.78.